The highest BCUT2D eigenvalue weighted by Crippen LogP contribution is 2.17. The Morgan fingerprint density at radius 3 is 3.12 bits per heavy atom. The number of ether oxygens (including phenoxy) is 1. The number of hydrogen-bond acceptors (Lipinski definition) is 2. The first-order chi connectivity index (χ1) is 7.75. The molecule has 0 amide bonds. The molecule has 4 heteroatoms. The van der Waals surface area contributed by atoms with Gasteiger partial charge in [0.2, 0.25) is 0 Å². The molecule has 1 saturated heterocycles. The average Bonchev–Trinajstić information content (AvgIpc) is 2.32. The third-order valence-electron chi connectivity index (χ3n) is 2.77. The van der Waals surface area contributed by atoms with Crippen molar-refractivity contribution < 1.29 is 9.13 Å². The highest BCUT2D eigenvalue weighted by atomic mass is 35.5. The van der Waals surface area contributed by atoms with Crippen LogP contribution in [0.1, 0.15) is 12.0 Å². The van der Waals surface area contributed by atoms with Gasteiger partial charge in [-0.15, -0.1) is 0 Å². The molecule has 0 radical (unpaired) electrons. The van der Waals surface area contributed by atoms with Gasteiger partial charge in [0.15, 0.2) is 0 Å². The summed E-state index contributed by atoms with van der Waals surface area (Å²) in [5.74, 6) is -0.180. The number of benzene rings is 1. The minimum absolute atomic E-state index is 0.180. The molecule has 0 aliphatic carbocycles. The van der Waals surface area contributed by atoms with Crippen LogP contribution in [0.15, 0.2) is 18.2 Å². The second-order valence-corrected chi connectivity index (χ2v) is 4.44. The van der Waals surface area contributed by atoms with Gasteiger partial charge in [-0.1, -0.05) is 11.6 Å². The van der Waals surface area contributed by atoms with Gasteiger partial charge in [-0.3, -0.25) is 0 Å². The van der Waals surface area contributed by atoms with E-state index >= 15 is 0 Å². The summed E-state index contributed by atoms with van der Waals surface area (Å²) in [4.78, 5) is 0. The van der Waals surface area contributed by atoms with Crippen LogP contribution in [0.5, 0.6) is 0 Å². The molecule has 88 valence electrons. The summed E-state index contributed by atoms with van der Waals surface area (Å²) in [6.45, 7) is 2.35. The summed E-state index contributed by atoms with van der Waals surface area (Å²) in [6, 6.07) is 5.01. The van der Waals surface area contributed by atoms with Crippen LogP contribution in [0.25, 0.3) is 0 Å². The Hall–Kier alpha value is -0.640. The van der Waals surface area contributed by atoms with Gasteiger partial charge in [0, 0.05) is 17.6 Å². The smallest absolute Gasteiger partial charge is 0.126 e. The van der Waals surface area contributed by atoms with Crippen molar-refractivity contribution >= 4 is 11.6 Å². The maximum Gasteiger partial charge on any atom is 0.126 e. The van der Waals surface area contributed by atoms with E-state index in [4.69, 9.17) is 16.3 Å². The quantitative estimate of drug-likeness (QED) is 0.880. The number of rotatable bonds is 3. The molecule has 1 aliphatic heterocycles. The average molecular weight is 244 g/mol. The molecular weight excluding hydrogens is 229 g/mol. The summed E-state index contributed by atoms with van der Waals surface area (Å²) < 4.78 is 18.8. The zero-order chi connectivity index (χ0) is 11.4. The highest BCUT2D eigenvalue weighted by molar-refractivity contribution is 6.30. The van der Waals surface area contributed by atoms with Crippen molar-refractivity contribution in [1.29, 1.82) is 0 Å². The largest absolute Gasteiger partial charge is 0.379 e. The Morgan fingerprint density at radius 2 is 2.38 bits per heavy atom. The summed E-state index contributed by atoms with van der Waals surface area (Å²) in [6.07, 6.45) is 1.56. The zero-order valence-electron chi connectivity index (χ0n) is 9.01. The zero-order valence-corrected chi connectivity index (χ0v) is 9.77. The standard InChI is InChI=1S/C12H15ClFNO/c13-10-2-4-12(14)9(7-10)1-3-11-8-16-6-5-15-11/h2,4,7,11,15H,1,3,5-6,8H2. The van der Waals surface area contributed by atoms with Crippen molar-refractivity contribution in [3.05, 3.63) is 34.6 Å². The second kappa shape index (κ2) is 5.62. The van der Waals surface area contributed by atoms with E-state index in [0.717, 1.165) is 19.6 Å². The molecule has 1 aliphatic rings. The Balaban J connectivity index is 1.90. The Kier molecular flexibility index (Phi) is 4.16. The molecule has 16 heavy (non-hydrogen) atoms. The van der Waals surface area contributed by atoms with Gasteiger partial charge in [-0.25, -0.2) is 4.39 Å². The topological polar surface area (TPSA) is 21.3 Å². The van der Waals surface area contributed by atoms with Crippen LogP contribution < -0.4 is 5.32 Å². The maximum atomic E-state index is 13.4. The number of hydrogen-bond donors (Lipinski definition) is 1. The molecule has 0 aromatic heterocycles. The van der Waals surface area contributed by atoms with Crippen LogP contribution in [-0.4, -0.2) is 25.8 Å². The third-order valence-corrected chi connectivity index (χ3v) is 3.00. The van der Waals surface area contributed by atoms with Gasteiger partial charge < -0.3 is 10.1 Å². The minimum atomic E-state index is -0.180. The first-order valence-corrected chi connectivity index (χ1v) is 5.88. The fourth-order valence-electron chi connectivity index (χ4n) is 1.87. The van der Waals surface area contributed by atoms with E-state index < -0.39 is 0 Å². The molecule has 1 N–H and O–H groups in total. The van der Waals surface area contributed by atoms with Crippen LogP contribution >= 0.6 is 11.6 Å². The van der Waals surface area contributed by atoms with E-state index in [1.54, 1.807) is 12.1 Å². The summed E-state index contributed by atoms with van der Waals surface area (Å²) in [7, 11) is 0. The Bertz CT molecular complexity index is 353. The first-order valence-electron chi connectivity index (χ1n) is 5.51. The molecular formula is C12H15ClFNO. The fourth-order valence-corrected chi connectivity index (χ4v) is 2.06. The van der Waals surface area contributed by atoms with Crippen molar-refractivity contribution in [3.8, 4) is 0 Å². The second-order valence-electron chi connectivity index (χ2n) is 4.00. The molecule has 0 saturated carbocycles. The van der Waals surface area contributed by atoms with E-state index in [2.05, 4.69) is 5.32 Å². The third kappa shape index (κ3) is 3.17. The van der Waals surface area contributed by atoms with Crippen LogP contribution in [0.3, 0.4) is 0 Å². The van der Waals surface area contributed by atoms with Gasteiger partial charge in [0.05, 0.1) is 13.2 Å². The van der Waals surface area contributed by atoms with Gasteiger partial charge in [0.1, 0.15) is 5.82 Å². The molecule has 1 fully saturated rings. The Labute approximate surface area is 99.7 Å². The highest BCUT2D eigenvalue weighted by Gasteiger charge is 2.13. The van der Waals surface area contributed by atoms with E-state index in [1.165, 1.54) is 6.07 Å². The first kappa shape index (κ1) is 11.8. The fraction of sp³-hybridized carbons (Fsp3) is 0.500. The van der Waals surface area contributed by atoms with Crippen molar-refractivity contribution in [1.82, 2.24) is 5.32 Å². The lowest BCUT2D eigenvalue weighted by molar-refractivity contribution is 0.0743. The van der Waals surface area contributed by atoms with E-state index in [1.807, 2.05) is 0 Å². The van der Waals surface area contributed by atoms with Gasteiger partial charge in [0.25, 0.3) is 0 Å². The lowest BCUT2D eigenvalue weighted by atomic mass is 10.0. The van der Waals surface area contributed by atoms with E-state index in [9.17, 15) is 4.39 Å². The predicted octanol–water partition coefficient (Wildman–Crippen LogP) is 2.40. The number of aryl methyl sites for hydroxylation is 1. The molecule has 1 atom stereocenters. The molecule has 1 aromatic carbocycles. The van der Waals surface area contributed by atoms with Gasteiger partial charge in [-0.2, -0.15) is 0 Å². The van der Waals surface area contributed by atoms with Gasteiger partial charge >= 0.3 is 0 Å². The normalized spacial score (nSPS) is 21.0. The minimum Gasteiger partial charge on any atom is -0.379 e. The van der Waals surface area contributed by atoms with E-state index in [-0.39, 0.29) is 5.82 Å². The van der Waals surface area contributed by atoms with Crippen LogP contribution in [0.2, 0.25) is 5.02 Å². The molecule has 2 nitrogen and oxygen atoms in total. The van der Waals surface area contributed by atoms with Crippen LogP contribution in [0, 0.1) is 5.82 Å². The summed E-state index contributed by atoms with van der Waals surface area (Å²) >= 11 is 5.83. The van der Waals surface area contributed by atoms with Gasteiger partial charge in [-0.05, 0) is 36.6 Å². The molecule has 1 aromatic rings. The van der Waals surface area contributed by atoms with Crippen molar-refractivity contribution in [2.45, 2.75) is 18.9 Å². The summed E-state index contributed by atoms with van der Waals surface area (Å²) in [5.41, 5.74) is 0.680. The van der Waals surface area contributed by atoms with Crippen molar-refractivity contribution in [2.24, 2.45) is 0 Å². The van der Waals surface area contributed by atoms with Crippen molar-refractivity contribution in [3.63, 3.8) is 0 Å². The van der Waals surface area contributed by atoms with Crippen LogP contribution in [-0.2, 0) is 11.2 Å². The SMILES string of the molecule is Fc1ccc(Cl)cc1CCC1COCCN1. The summed E-state index contributed by atoms with van der Waals surface area (Å²) in [5, 5.41) is 3.93. The maximum absolute atomic E-state index is 13.4. The molecule has 1 heterocycles. The number of morpholine rings is 1. The lowest BCUT2D eigenvalue weighted by Crippen LogP contribution is -2.41. The van der Waals surface area contributed by atoms with E-state index in [0.29, 0.717) is 29.7 Å². The monoisotopic (exact) mass is 243 g/mol. The molecule has 0 spiro atoms. The number of nitrogens with one attached hydrogen (secondary N) is 1. The molecule has 2 rings (SSSR count). The van der Waals surface area contributed by atoms with Crippen molar-refractivity contribution in [2.75, 3.05) is 19.8 Å². The number of halogens is 2. The molecule has 1 unspecified atom stereocenters. The predicted molar refractivity (Wildman–Crippen MR) is 62.3 cm³/mol. The lowest BCUT2D eigenvalue weighted by Gasteiger charge is -2.23. The Morgan fingerprint density at radius 1 is 1.50 bits per heavy atom. The van der Waals surface area contributed by atoms with Crippen LogP contribution in [0.4, 0.5) is 4.39 Å². The molecule has 0 bridgehead atoms.